The third kappa shape index (κ3) is 3.17. The number of nitrogens with one attached hydrogen (secondary N) is 2. The number of piperidine rings is 1. The number of carbonyl (C=O) groups is 1. The van der Waals surface area contributed by atoms with Gasteiger partial charge in [0.25, 0.3) is 0 Å². The Morgan fingerprint density at radius 3 is 2.69 bits per heavy atom. The van der Waals surface area contributed by atoms with Crippen LogP contribution in [0.4, 0.5) is 0 Å². The summed E-state index contributed by atoms with van der Waals surface area (Å²) in [4.78, 5) is 12.1. The Kier molecular flexibility index (Phi) is 5.18. The van der Waals surface area contributed by atoms with Crippen molar-refractivity contribution >= 4 is 5.91 Å². The summed E-state index contributed by atoms with van der Waals surface area (Å²) < 4.78 is 5.17. The van der Waals surface area contributed by atoms with Crippen LogP contribution in [0.5, 0.6) is 0 Å². The van der Waals surface area contributed by atoms with Crippen LogP contribution in [0.1, 0.15) is 19.8 Å². The maximum atomic E-state index is 12.1. The molecule has 1 amide bonds. The first-order valence-corrected chi connectivity index (χ1v) is 5.76. The Balaban J connectivity index is 2.64. The smallest absolute Gasteiger partial charge is 0.228 e. The number of hydrogen-bond acceptors (Lipinski definition) is 4. The summed E-state index contributed by atoms with van der Waals surface area (Å²) in [6.45, 7) is 3.87. The highest BCUT2D eigenvalue weighted by molar-refractivity contribution is 5.83. The van der Waals surface area contributed by atoms with Crippen molar-refractivity contribution in [3.8, 4) is 0 Å². The minimum Gasteiger partial charge on any atom is -0.394 e. The van der Waals surface area contributed by atoms with Crippen LogP contribution in [0.25, 0.3) is 0 Å². The van der Waals surface area contributed by atoms with E-state index < -0.39 is 5.41 Å². The van der Waals surface area contributed by atoms with Gasteiger partial charge in [-0.05, 0) is 32.9 Å². The van der Waals surface area contributed by atoms with E-state index in [1.165, 1.54) is 0 Å². The number of hydrogen-bond donors (Lipinski definition) is 3. The van der Waals surface area contributed by atoms with E-state index in [-0.39, 0.29) is 18.6 Å². The third-order valence-corrected chi connectivity index (χ3v) is 3.11. The number of methoxy groups -OCH3 is 1. The van der Waals surface area contributed by atoms with Crippen molar-refractivity contribution in [2.24, 2.45) is 5.41 Å². The van der Waals surface area contributed by atoms with Gasteiger partial charge in [-0.1, -0.05) is 0 Å². The molecule has 1 fully saturated rings. The molecular formula is C11H22N2O3. The Morgan fingerprint density at radius 1 is 1.56 bits per heavy atom. The Morgan fingerprint density at radius 2 is 2.19 bits per heavy atom. The fraction of sp³-hybridized carbons (Fsp3) is 0.909. The molecule has 94 valence electrons. The first-order chi connectivity index (χ1) is 7.64. The number of carbonyl (C=O) groups excluding carboxylic acids is 1. The van der Waals surface area contributed by atoms with E-state index in [0.717, 1.165) is 25.9 Å². The first kappa shape index (κ1) is 13.4. The molecule has 0 bridgehead atoms. The monoisotopic (exact) mass is 230 g/mol. The summed E-state index contributed by atoms with van der Waals surface area (Å²) in [7, 11) is 1.62. The van der Waals surface area contributed by atoms with Crippen LogP contribution in [-0.2, 0) is 9.53 Å². The molecule has 0 aromatic heterocycles. The molecule has 0 aromatic rings. The van der Waals surface area contributed by atoms with E-state index >= 15 is 0 Å². The molecule has 0 spiro atoms. The van der Waals surface area contributed by atoms with Gasteiger partial charge in [-0.3, -0.25) is 4.79 Å². The van der Waals surface area contributed by atoms with Gasteiger partial charge in [-0.25, -0.2) is 0 Å². The standard InChI is InChI=1S/C11H22N2O3/c1-9(7-14)13-10(15)11(8-16-2)3-5-12-6-4-11/h9,12,14H,3-8H2,1-2H3,(H,13,15). The fourth-order valence-electron chi connectivity index (χ4n) is 2.04. The van der Waals surface area contributed by atoms with Gasteiger partial charge < -0.3 is 20.5 Å². The molecule has 0 aliphatic carbocycles. The van der Waals surface area contributed by atoms with Crippen molar-refractivity contribution in [1.82, 2.24) is 10.6 Å². The molecule has 5 heteroatoms. The molecule has 1 rings (SSSR count). The molecular weight excluding hydrogens is 208 g/mol. The summed E-state index contributed by atoms with van der Waals surface area (Å²) in [6.07, 6.45) is 1.57. The molecule has 1 aliphatic heterocycles. The van der Waals surface area contributed by atoms with Crippen LogP contribution < -0.4 is 10.6 Å². The number of rotatable bonds is 5. The quantitative estimate of drug-likeness (QED) is 0.595. The van der Waals surface area contributed by atoms with E-state index in [0.29, 0.717) is 6.61 Å². The van der Waals surface area contributed by atoms with Crippen molar-refractivity contribution in [2.75, 3.05) is 33.4 Å². The normalized spacial score (nSPS) is 21.4. The molecule has 0 aromatic carbocycles. The lowest BCUT2D eigenvalue weighted by atomic mass is 9.78. The summed E-state index contributed by atoms with van der Waals surface area (Å²) in [5, 5.41) is 15.0. The molecule has 1 aliphatic rings. The number of aliphatic hydroxyl groups excluding tert-OH is 1. The van der Waals surface area contributed by atoms with Gasteiger partial charge in [0.15, 0.2) is 0 Å². The predicted molar refractivity (Wildman–Crippen MR) is 61.1 cm³/mol. The van der Waals surface area contributed by atoms with Crippen LogP contribution in [0.2, 0.25) is 0 Å². The Bertz CT molecular complexity index is 222. The van der Waals surface area contributed by atoms with Gasteiger partial charge in [0, 0.05) is 13.2 Å². The number of aliphatic hydroxyl groups is 1. The van der Waals surface area contributed by atoms with Gasteiger partial charge in [0.1, 0.15) is 0 Å². The zero-order valence-corrected chi connectivity index (χ0v) is 10.1. The highest BCUT2D eigenvalue weighted by Crippen LogP contribution is 2.29. The zero-order valence-electron chi connectivity index (χ0n) is 10.1. The Labute approximate surface area is 96.6 Å². The molecule has 0 radical (unpaired) electrons. The number of ether oxygens (including phenoxy) is 1. The van der Waals surface area contributed by atoms with Crippen molar-refractivity contribution in [1.29, 1.82) is 0 Å². The largest absolute Gasteiger partial charge is 0.394 e. The van der Waals surface area contributed by atoms with Crippen molar-refractivity contribution in [3.05, 3.63) is 0 Å². The van der Waals surface area contributed by atoms with Crippen molar-refractivity contribution < 1.29 is 14.6 Å². The van der Waals surface area contributed by atoms with Gasteiger partial charge >= 0.3 is 0 Å². The molecule has 1 atom stereocenters. The topological polar surface area (TPSA) is 70.6 Å². The van der Waals surface area contributed by atoms with Gasteiger partial charge in [0.2, 0.25) is 5.91 Å². The maximum Gasteiger partial charge on any atom is 0.228 e. The third-order valence-electron chi connectivity index (χ3n) is 3.11. The fourth-order valence-corrected chi connectivity index (χ4v) is 2.04. The second-order valence-electron chi connectivity index (χ2n) is 4.52. The zero-order chi connectivity index (χ0) is 12.0. The van der Waals surface area contributed by atoms with Crippen molar-refractivity contribution in [3.63, 3.8) is 0 Å². The van der Waals surface area contributed by atoms with E-state index in [1.54, 1.807) is 14.0 Å². The summed E-state index contributed by atoms with van der Waals surface area (Å²) in [6, 6.07) is -0.198. The molecule has 0 saturated carbocycles. The van der Waals surface area contributed by atoms with Crippen LogP contribution in [-0.4, -0.2) is 50.5 Å². The molecule has 1 saturated heterocycles. The van der Waals surface area contributed by atoms with Gasteiger partial charge in [0.05, 0.1) is 18.6 Å². The first-order valence-electron chi connectivity index (χ1n) is 5.76. The van der Waals surface area contributed by atoms with E-state index in [4.69, 9.17) is 9.84 Å². The number of amides is 1. The van der Waals surface area contributed by atoms with Crippen LogP contribution in [0, 0.1) is 5.41 Å². The van der Waals surface area contributed by atoms with Crippen LogP contribution in [0.15, 0.2) is 0 Å². The summed E-state index contributed by atoms with van der Waals surface area (Å²) >= 11 is 0. The lowest BCUT2D eigenvalue weighted by Gasteiger charge is -2.36. The maximum absolute atomic E-state index is 12.1. The van der Waals surface area contributed by atoms with E-state index in [9.17, 15) is 4.79 Å². The molecule has 3 N–H and O–H groups in total. The van der Waals surface area contributed by atoms with Gasteiger partial charge in [-0.2, -0.15) is 0 Å². The van der Waals surface area contributed by atoms with Crippen LogP contribution in [0.3, 0.4) is 0 Å². The predicted octanol–water partition coefficient (Wildman–Crippen LogP) is -0.500. The molecule has 16 heavy (non-hydrogen) atoms. The van der Waals surface area contributed by atoms with Gasteiger partial charge in [-0.15, -0.1) is 0 Å². The van der Waals surface area contributed by atoms with Crippen molar-refractivity contribution in [2.45, 2.75) is 25.8 Å². The molecule has 1 heterocycles. The lowest BCUT2D eigenvalue weighted by Crippen LogP contribution is -2.52. The molecule has 1 unspecified atom stereocenters. The highest BCUT2D eigenvalue weighted by atomic mass is 16.5. The summed E-state index contributed by atoms with van der Waals surface area (Å²) in [5.74, 6) is -0.00241. The average molecular weight is 230 g/mol. The van der Waals surface area contributed by atoms with E-state index in [2.05, 4.69) is 10.6 Å². The summed E-state index contributed by atoms with van der Waals surface area (Å²) in [5.41, 5.74) is -0.427. The molecule has 5 nitrogen and oxygen atoms in total. The minimum absolute atomic E-state index is 0.00241. The minimum atomic E-state index is -0.427. The SMILES string of the molecule is COCC1(C(=O)NC(C)CO)CCNCC1. The van der Waals surface area contributed by atoms with Crippen LogP contribution >= 0.6 is 0 Å². The Hall–Kier alpha value is -0.650. The lowest BCUT2D eigenvalue weighted by molar-refractivity contribution is -0.137. The second kappa shape index (κ2) is 6.18. The van der Waals surface area contributed by atoms with E-state index in [1.807, 2.05) is 0 Å². The highest BCUT2D eigenvalue weighted by Gasteiger charge is 2.39. The second-order valence-corrected chi connectivity index (χ2v) is 4.52. The average Bonchev–Trinajstić information content (AvgIpc) is 2.30.